The summed E-state index contributed by atoms with van der Waals surface area (Å²) in [5.74, 6) is 3.08. The number of carbonyl (C=O) groups excluding carboxylic acids is 1. The number of nitrogens with zero attached hydrogens (tertiary/aromatic N) is 5. The molecule has 3 atom stereocenters. The number of hydrogen-bond acceptors (Lipinski definition) is 6. The van der Waals surface area contributed by atoms with Crippen LogP contribution in [-0.4, -0.2) is 45.6 Å². The summed E-state index contributed by atoms with van der Waals surface area (Å²) < 4.78 is 5.66. The van der Waals surface area contributed by atoms with E-state index >= 15 is 0 Å². The minimum absolute atomic E-state index is 0.0892. The van der Waals surface area contributed by atoms with Crippen molar-refractivity contribution in [1.29, 1.82) is 0 Å². The average molecular weight is 396 g/mol. The van der Waals surface area contributed by atoms with Gasteiger partial charge >= 0.3 is 0 Å². The number of amides is 1. The Bertz CT molecular complexity index is 876. The molecule has 2 aliphatic heterocycles. The monoisotopic (exact) mass is 395 g/mol. The Balaban J connectivity index is 1.36. The fraction of sp³-hybridized carbons (Fsp3) is 0.636. The van der Waals surface area contributed by atoms with E-state index in [9.17, 15) is 4.79 Å². The van der Waals surface area contributed by atoms with Gasteiger partial charge in [-0.2, -0.15) is 4.98 Å². The number of anilines is 1. The molecule has 7 heteroatoms. The maximum Gasteiger partial charge on any atom is 0.249 e. The number of hydrogen-bond donors (Lipinski definition) is 0. The standard InChI is InChI=1S/C22H29N5O2/c1-15-13-17(15)22(28)27-12-6-3-7-18(27)21-24-20(25-29-21)16-8-9-23-19(14-16)26-10-4-2-5-11-26/h8-9,14-15,17-18H,2-7,10-13H2,1H3/t15-,17-,18-/m1/s1. The van der Waals surface area contributed by atoms with Crippen LogP contribution < -0.4 is 4.90 Å². The Morgan fingerprint density at radius 3 is 2.72 bits per heavy atom. The van der Waals surface area contributed by atoms with Gasteiger partial charge in [0.05, 0.1) is 0 Å². The van der Waals surface area contributed by atoms with Crippen LogP contribution in [0.3, 0.4) is 0 Å². The van der Waals surface area contributed by atoms with Crippen molar-refractivity contribution in [3.05, 3.63) is 24.2 Å². The molecule has 29 heavy (non-hydrogen) atoms. The summed E-state index contributed by atoms with van der Waals surface area (Å²) in [7, 11) is 0. The van der Waals surface area contributed by atoms with E-state index in [2.05, 4.69) is 28.0 Å². The highest BCUT2D eigenvalue weighted by atomic mass is 16.5. The lowest BCUT2D eigenvalue weighted by Gasteiger charge is -2.33. The van der Waals surface area contributed by atoms with Crippen LogP contribution >= 0.6 is 0 Å². The molecule has 1 saturated carbocycles. The highest BCUT2D eigenvalue weighted by Gasteiger charge is 2.44. The van der Waals surface area contributed by atoms with E-state index in [0.29, 0.717) is 17.6 Å². The molecule has 1 amide bonds. The largest absolute Gasteiger partial charge is 0.357 e. The summed E-state index contributed by atoms with van der Waals surface area (Å²) in [6, 6.07) is 3.89. The summed E-state index contributed by atoms with van der Waals surface area (Å²) in [5, 5.41) is 4.25. The quantitative estimate of drug-likeness (QED) is 0.783. The molecule has 0 radical (unpaired) electrons. The van der Waals surface area contributed by atoms with Crippen molar-refractivity contribution in [3.8, 4) is 11.4 Å². The zero-order valence-corrected chi connectivity index (χ0v) is 17.1. The molecule has 2 aromatic heterocycles. The van der Waals surface area contributed by atoms with Gasteiger partial charge in [0.1, 0.15) is 11.9 Å². The van der Waals surface area contributed by atoms with E-state index in [1.807, 2.05) is 17.2 Å². The van der Waals surface area contributed by atoms with Gasteiger partial charge in [-0.15, -0.1) is 0 Å². The second-order valence-corrected chi connectivity index (χ2v) is 8.77. The van der Waals surface area contributed by atoms with Gasteiger partial charge in [0.25, 0.3) is 0 Å². The van der Waals surface area contributed by atoms with Gasteiger partial charge in [-0.1, -0.05) is 12.1 Å². The molecule has 2 saturated heterocycles. The molecule has 0 unspecified atom stereocenters. The van der Waals surface area contributed by atoms with Gasteiger partial charge in [0.2, 0.25) is 17.6 Å². The van der Waals surface area contributed by atoms with Crippen LogP contribution in [0.25, 0.3) is 11.4 Å². The van der Waals surface area contributed by atoms with Crippen molar-refractivity contribution in [2.75, 3.05) is 24.5 Å². The molecule has 154 valence electrons. The average Bonchev–Trinajstić information content (AvgIpc) is 3.31. The van der Waals surface area contributed by atoms with Crippen LogP contribution in [0.15, 0.2) is 22.9 Å². The maximum atomic E-state index is 12.9. The minimum Gasteiger partial charge on any atom is -0.357 e. The van der Waals surface area contributed by atoms with Crippen LogP contribution in [0.2, 0.25) is 0 Å². The van der Waals surface area contributed by atoms with Crippen molar-refractivity contribution in [3.63, 3.8) is 0 Å². The molecule has 7 nitrogen and oxygen atoms in total. The summed E-state index contributed by atoms with van der Waals surface area (Å²) in [6.07, 6.45) is 9.57. The number of likely N-dealkylation sites (tertiary alicyclic amines) is 1. The molecule has 0 N–H and O–H groups in total. The molecule has 3 aliphatic rings. The van der Waals surface area contributed by atoms with E-state index in [1.165, 1.54) is 19.3 Å². The van der Waals surface area contributed by atoms with Crippen LogP contribution in [0.1, 0.15) is 63.8 Å². The highest BCUT2D eigenvalue weighted by molar-refractivity contribution is 5.82. The maximum absolute atomic E-state index is 12.9. The zero-order valence-electron chi connectivity index (χ0n) is 17.1. The van der Waals surface area contributed by atoms with Crippen molar-refractivity contribution in [2.24, 2.45) is 11.8 Å². The first kappa shape index (κ1) is 18.6. The topological polar surface area (TPSA) is 75.4 Å². The summed E-state index contributed by atoms with van der Waals surface area (Å²) in [5.41, 5.74) is 0.917. The molecule has 0 aromatic carbocycles. The van der Waals surface area contributed by atoms with Crippen LogP contribution in [0.4, 0.5) is 5.82 Å². The first-order chi connectivity index (χ1) is 14.2. The molecule has 0 spiro atoms. The molecule has 0 bridgehead atoms. The van der Waals surface area contributed by atoms with Crippen LogP contribution in [0.5, 0.6) is 0 Å². The number of carbonyl (C=O) groups is 1. The second kappa shape index (κ2) is 7.76. The predicted octanol–water partition coefficient (Wildman–Crippen LogP) is 3.83. The van der Waals surface area contributed by atoms with Gasteiger partial charge in [-0.25, -0.2) is 4.98 Å². The van der Waals surface area contributed by atoms with E-state index in [-0.39, 0.29) is 17.9 Å². The van der Waals surface area contributed by atoms with Gasteiger partial charge in [-0.05, 0) is 63.0 Å². The fourth-order valence-electron chi connectivity index (χ4n) is 4.67. The lowest BCUT2D eigenvalue weighted by atomic mass is 10.0. The normalized spacial score (nSPS) is 27.1. The van der Waals surface area contributed by atoms with E-state index in [0.717, 1.165) is 56.7 Å². The third-order valence-corrected chi connectivity index (χ3v) is 6.62. The van der Waals surface area contributed by atoms with Crippen molar-refractivity contribution in [1.82, 2.24) is 20.0 Å². The first-order valence-corrected chi connectivity index (χ1v) is 11.1. The third-order valence-electron chi connectivity index (χ3n) is 6.62. The summed E-state index contributed by atoms with van der Waals surface area (Å²) >= 11 is 0. The Hall–Kier alpha value is -2.44. The molecule has 3 fully saturated rings. The van der Waals surface area contributed by atoms with E-state index in [4.69, 9.17) is 9.51 Å². The Labute approximate surface area is 171 Å². The molecule has 2 aromatic rings. The predicted molar refractivity (Wildman–Crippen MR) is 109 cm³/mol. The minimum atomic E-state index is -0.0892. The number of piperidine rings is 2. The lowest BCUT2D eigenvalue weighted by Crippen LogP contribution is -2.39. The SMILES string of the molecule is C[C@@H]1C[C@H]1C(=O)N1CCCC[C@@H]1c1nc(-c2ccnc(N3CCCCC3)c2)no1. The molecular weight excluding hydrogens is 366 g/mol. The highest BCUT2D eigenvalue weighted by Crippen LogP contribution is 2.42. The van der Waals surface area contributed by atoms with E-state index < -0.39 is 0 Å². The molecular formula is C22H29N5O2. The molecule has 4 heterocycles. The van der Waals surface area contributed by atoms with Gasteiger partial charge in [-0.3, -0.25) is 4.79 Å². The number of pyridine rings is 1. The lowest BCUT2D eigenvalue weighted by molar-refractivity contribution is -0.137. The number of rotatable bonds is 4. The van der Waals surface area contributed by atoms with Crippen molar-refractivity contribution in [2.45, 2.75) is 57.9 Å². The van der Waals surface area contributed by atoms with Crippen LogP contribution in [-0.2, 0) is 4.79 Å². The Morgan fingerprint density at radius 2 is 1.93 bits per heavy atom. The smallest absolute Gasteiger partial charge is 0.249 e. The summed E-state index contributed by atoms with van der Waals surface area (Å²) in [6.45, 7) is 5.04. The van der Waals surface area contributed by atoms with Crippen molar-refractivity contribution >= 4 is 11.7 Å². The molecule has 1 aliphatic carbocycles. The number of aromatic nitrogens is 3. The van der Waals surface area contributed by atoms with Crippen molar-refractivity contribution < 1.29 is 9.32 Å². The Morgan fingerprint density at radius 1 is 1.14 bits per heavy atom. The summed E-state index contributed by atoms with van der Waals surface area (Å²) in [4.78, 5) is 26.4. The Kier molecular flexibility index (Phi) is 4.97. The zero-order chi connectivity index (χ0) is 19.8. The fourth-order valence-corrected chi connectivity index (χ4v) is 4.67. The second-order valence-electron chi connectivity index (χ2n) is 8.77. The first-order valence-electron chi connectivity index (χ1n) is 11.1. The van der Waals surface area contributed by atoms with Gasteiger partial charge in [0.15, 0.2) is 0 Å². The molecule has 5 rings (SSSR count). The van der Waals surface area contributed by atoms with Crippen LogP contribution in [0, 0.1) is 11.8 Å². The third kappa shape index (κ3) is 3.74. The van der Waals surface area contributed by atoms with E-state index in [1.54, 1.807) is 0 Å². The van der Waals surface area contributed by atoms with Gasteiger partial charge in [0, 0.05) is 37.3 Å². The van der Waals surface area contributed by atoms with Gasteiger partial charge < -0.3 is 14.3 Å².